The number of fused-ring (bicyclic) bond motifs is 1. The minimum Gasteiger partial charge on any atom is -0.343 e. The standard InChI is InChI=1S/C18H14N4O/c19-10-13-11-22(15-2-3-15)17-4-1-14(9-16(13)17)21-18(23)12-5-7-20-8-6-12/h1,4-9,11,15H,2-3H2,(H,21,23). The van der Waals surface area contributed by atoms with Crippen molar-refractivity contribution in [3.63, 3.8) is 0 Å². The molecular weight excluding hydrogens is 288 g/mol. The summed E-state index contributed by atoms with van der Waals surface area (Å²) in [5.74, 6) is -0.188. The van der Waals surface area contributed by atoms with Crippen LogP contribution in [0.25, 0.3) is 10.9 Å². The van der Waals surface area contributed by atoms with Gasteiger partial charge in [0.1, 0.15) is 6.07 Å². The lowest BCUT2D eigenvalue weighted by Gasteiger charge is -2.07. The van der Waals surface area contributed by atoms with E-state index in [1.54, 1.807) is 24.5 Å². The first-order chi connectivity index (χ1) is 11.3. The fourth-order valence-electron chi connectivity index (χ4n) is 2.78. The fraction of sp³-hybridized carbons (Fsp3) is 0.167. The molecule has 23 heavy (non-hydrogen) atoms. The average Bonchev–Trinajstić information content (AvgIpc) is 3.37. The summed E-state index contributed by atoms with van der Waals surface area (Å²) in [6.45, 7) is 0. The summed E-state index contributed by atoms with van der Waals surface area (Å²) in [6, 6.07) is 11.8. The molecule has 1 saturated carbocycles. The average molecular weight is 302 g/mol. The van der Waals surface area contributed by atoms with Gasteiger partial charge in [-0.05, 0) is 43.2 Å². The van der Waals surface area contributed by atoms with Gasteiger partial charge >= 0.3 is 0 Å². The number of nitrogens with zero attached hydrogens (tertiary/aromatic N) is 3. The number of anilines is 1. The summed E-state index contributed by atoms with van der Waals surface area (Å²) in [5.41, 5.74) is 2.93. The van der Waals surface area contributed by atoms with Crippen molar-refractivity contribution in [2.75, 3.05) is 5.32 Å². The molecule has 2 heterocycles. The Labute approximate surface area is 133 Å². The van der Waals surface area contributed by atoms with Crippen LogP contribution in [-0.4, -0.2) is 15.5 Å². The van der Waals surface area contributed by atoms with Crippen molar-refractivity contribution in [3.05, 3.63) is 60.0 Å². The van der Waals surface area contributed by atoms with E-state index in [2.05, 4.69) is 20.9 Å². The maximum atomic E-state index is 12.2. The molecule has 0 radical (unpaired) electrons. The topological polar surface area (TPSA) is 70.7 Å². The summed E-state index contributed by atoms with van der Waals surface area (Å²) in [4.78, 5) is 16.1. The van der Waals surface area contributed by atoms with Gasteiger partial charge in [-0.2, -0.15) is 5.26 Å². The van der Waals surface area contributed by atoms with E-state index in [9.17, 15) is 10.1 Å². The molecule has 1 aromatic carbocycles. The third kappa shape index (κ3) is 2.44. The number of hydrogen-bond donors (Lipinski definition) is 1. The molecule has 4 rings (SSSR count). The van der Waals surface area contributed by atoms with Gasteiger partial charge in [0.05, 0.1) is 5.56 Å². The number of hydrogen-bond acceptors (Lipinski definition) is 3. The normalized spacial score (nSPS) is 13.7. The second kappa shape index (κ2) is 5.25. The highest BCUT2D eigenvalue weighted by molar-refractivity contribution is 6.05. The number of nitriles is 1. The van der Waals surface area contributed by atoms with E-state index in [4.69, 9.17) is 0 Å². The number of carbonyl (C=O) groups is 1. The highest BCUT2D eigenvalue weighted by Crippen LogP contribution is 2.39. The van der Waals surface area contributed by atoms with Crippen LogP contribution in [0.2, 0.25) is 0 Å². The van der Waals surface area contributed by atoms with Crippen molar-refractivity contribution < 1.29 is 4.79 Å². The number of pyridine rings is 1. The first kappa shape index (κ1) is 13.5. The van der Waals surface area contributed by atoms with Crippen LogP contribution in [0.1, 0.15) is 34.8 Å². The van der Waals surface area contributed by atoms with Gasteiger partial charge in [0.15, 0.2) is 0 Å². The summed E-state index contributed by atoms with van der Waals surface area (Å²) in [5, 5.41) is 13.1. The number of carbonyl (C=O) groups excluding carboxylic acids is 1. The Balaban J connectivity index is 1.69. The molecule has 1 N–H and O–H groups in total. The molecule has 1 fully saturated rings. The molecule has 5 heteroatoms. The molecule has 0 atom stereocenters. The van der Waals surface area contributed by atoms with E-state index >= 15 is 0 Å². The van der Waals surface area contributed by atoms with E-state index in [1.165, 1.54) is 0 Å². The molecule has 112 valence electrons. The molecule has 0 saturated heterocycles. The smallest absolute Gasteiger partial charge is 0.255 e. The first-order valence-corrected chi connectivity index (χ1v) is 7.52. The van der Waals surface area contributed by atoms with Gasteiger partial charge in [0.25, 0.3) is 5.91 Å². The van der Waals surface area contributed by atoms with Crippen molar-refractivity contribution in [1.29, 1.82) is 5.26 Å². The molecule has 1 aliphatic rings. The van der Waals surface area contributed by atoms with Gasteiger partial charge in [-0.25, -0.2) is 0 Å². The van der Waals surface area contributed by atoms with E-state index in [0.717, 1.165) is 23.7 Å². The van der Waals surface area contributed by atoms with Crippen LogP contribution in [0.5, 0.6) is 0 Å². The van der Waals surface area contributed by atoms with Gasteiger partial charge in [-0.3, -0.25) is 9.78 Å². The molecular formula is C18H14N4O. The summed E-state index contributed by atoms with van der Waals surface area (Å²) >= 11 is 0. The van der Waals surface area contributed by atoms with Crippen LogP contribution >= 0.6 is 0 Å². The molecule has 1 aliphatic carbocycles. The number of nitrogens with one attached hydrogen (secondary N) is 1. The SMILES string of the molecule is N#Cc1cn(C2CC2)c2ccc(NC(=O)c3ccncc3)cc12. The van der Waals surface area contributed by atoms with Crippen molar-refractivity contribution in [2.45, 2.75) is 18.9 Å². The molecule has 0 aliphatic heterocycles. The second-order valence-corrected chi connectivity index (χ2v) is 5.71. The van der Waals surface area contributed by atoms with Crippen molar-refractivity contribution in [3.8, 4) is 6.07 Å². The van der Waals surface area contributed by atoms with E-state index in [0.29, 0.717) is 22.9 Å². The van der Waals surface area contributed by atoms with Crippen LogP contribution < -0.4 is 5.32 Å². The minimum atomic E-state index is -0.188. The maximum absolute atomic E-state index is 12.2. The molecule has 0 bridgehead atoms. The first-order valence-electron chi connectivity index (χ1n) is 7.52. The molecule has 2 aromatic heterocycles. The lowest BCUT2D eigenvalue weighted by molar-refractivity contribution is 0.102. The Morgan fingerprint density at radius 2 is 2.04 bits per heavy atom. The van der Waals surface area contributed by atoms with Crippen LogP contribution in [0, 0.1) is 11.3 Å². The Hall–Kier alpha value is -3.13. The number of benzene rings is 1. The van der Waals surface area contributed by atoms with Gasteiger partial charge in [0.2, 0.25) is 0 Å². The lowest BCUT2D eigenvalue weighted by atomic mass is 10.1. The van der Waals surface area contributed by atoms with Crippen LogP contribution in [0.3, 0.4) is 0 Å². The Kier molecular flexibility index (Phi) is 3.09. The maximum Gasteiger partial charge on any atom is 0.255 e. The molecule has 5 nitrogen and oxygen atoms in total. The van der Waals surface area contributed by atoms with Crippen LogP contribution in [0.15, 0.2) is 48.9 Å². The third-order valence-electron chi connectivity index (χ3n) is 4.09. The Morgan fingerprint density at radius 3 is 2.74 bits per heavy atom. The van der Waals surface area contributed by atoms with Crippen LogP contribution in [-0.2, 0) is 0 Å². The van der Waals surface area contributed by atoms with Crippen molar-refractivity contribution >= 4 is 22.5 Å². The van der Waals surface area contributed by atoms with Gasteiger partial charge in [0, 0.05) is 46.8 Å². The number of aromatic nitrogens is 2. The molecule has 1 amide bonds. The predicted molar refractivity (Wildman–Crippen MR) is 87.1 cm³/mol. The highest BCUT2D eigenvalue weighted by Gasteiger charge is 2.25. The van der Waals surface area contributed by atoms with Gasteiger partial charge in [-0.15, -0.1) is 0 Å². The molecule has 3 aromatic rings. The molecule has 0 unspecified atom stereocenters. The molecule has 0 spiro atoms. The second-order valence-electron chi connectivity index (χ2n) is 5.71. The Morgan fingerprint density at radius 1 is 1.26 bits per heavy atom. The lowest BCUT2D eigenvalue weighted by Crippen LogP contribution is -2.11. The van der Waals surface area contributed by atoms with Crippen molar-refractivity contribution in [1.82, 2.24) is 9.55 Å². The zero-order chi connectivity index (χ0) is 15.8. The van der Waals surface area contributed by atoms with Crippen LogP contribution in [0.4, 0.5) is 5.69 Å². The van der Waals surface area contributed by atoms with Gasteiger partial charge < -0.3 is 9.88 Å². The monoisotopic (exact) mass is 302 g/mol. The summed E-state index contributed by atoms with van der Waals surface area (Å²) in [6.07, 6.45) is 7.41. The number of rotatable bonds is 3. The number of amides is 1. The fourth-order valence-corrected chi connectivity index (χ4v) is 2.78. The van der Waals surface area contributed by atoms with E-state index < -0.39 is 0 Å². The summed E-state index contributed by atoms with van der Waals surface area (Å²) in [7, 11) is 0. The largest absolute Gasteiger partial charge is 0.343 e. The van der Waals surface area contributed by atoms with E-state index in [1.807, 2.05) is 24.4 Å². The minimum absolute atomic E-state index is 0.188. The van der Waals surface area contributed by atoms with E-state index in [-0.39, 0.29) is 5.91 Å². The summed E-state index contributed by atoms with van der Waals surface area (Å²) < 4.78 is 2.17. The zero-order valence-electron chi connectivity index (χ0n) is 12.4. The predicted octanol–water partition coefficient (Wildman–Crippen LogP) is 3.50. The van der Waals surface area contributed by atoms with Crippen molar-refractivity contribution in [2.24, 2.45) is 0 Å². The zero-order valence-corrected chi connectivity index (χ0v) is 12.4. The third-order valence-corrected chi connectivity index (χ3v) is 4.09. The quantitative estimate of drug-likeness (QED) is 0.805. The Bertz CT molecular complexity index is 933. The van der Waals surface area contributed by atoms with Gasteiger partial charge in [-0.1, -0.05) is 0 Å². The highest BCUT2D eigenvalue weighted by atomic mass is 16.1.